The standard InChI is InChI=1S/C18H28FNO/c1-6-18(5,12-20-17(2,3)4)11-15-10-13-9-14(19)7-8-16(13)21-15/h7-9,15,20H,6,10-12H2,1-5H3. The zero-order valence-electron chi connectivity index (χ0n) is 13.9. The molecule has 1 aliphatic heterocycles. The Hall–Kier alpha value is -1.09. The summed E-state index contributed by atoms with van der Waals surface area (Å²) in [4.78, 5) is 0. The van der Waals surface area contributed by atoms with Crippen LogP contribution in [0.1, 0.15) is 53.0 Å². The van der Waals surface area contributed by atoms with Crippen molar-refractivity contribution in [1.29, 1.82) is 0 Å². The highest BCUT2D eigenvalue weighted by Crippen LogP contribution is 2.36. The molecule has 1 aromatic rings. The zero-order chi connectivity index (χ0) is 15.7. The molecule has 0 spiro atoms. The third kappa shape index (κ3) is 4.44. The van der Waals surface area contributed by atoms with Gasteiger partial charge in [-0.2, -0.15) is 0 Å². The molecule has 1 heterocycles. The second kappa shape index (κ2) is 5.96. The van der Waals surface area contributed by atoms with Crippen LogP contribution in [0.4, 0.5) is 4.39 Å². The van der Waals surface area contributed by atoms with Crippen LogP contribution in [0, 0.1) is 11.2 Å². The predicted molar refractivity (Wildman–Crippen MR) is 85.3 cm³/mol. The summed E-state index contributed by atoms with van der Waals surface area (Å²) in [5.74, 6) is 0.675. The molecule has 1 N–H and O–H groups in total. The minimum Gasteiger partial charge on any atom is -0.490 e. The van der Waals surface area contributed by atoms with Gasteiger partial charge in [0.25, 0.3) is 0 Å². The second-order valence-electron chi connectivity index (χ2n) is 7.67. The van der Waals surface area contributed by atoms with E-state index in [-0.39, 0.29) is 22.9 Å². The number of halogens is 1. The van der Waals surface area contributed by atoms with Crippen LogP contribution in [-0.2, 0) is 6.42 Å². The lowest BCUT2D eigenvalue weighted by atomic mass is 9.80. The molecule has 0 fully saturated rings. The monoisotopic (exact) mass is 293 g/mol. The van der Waals surface area contributed by atoms with Gasteiger partial charge in [0.05, 0.1) is 0 Å². The molecule has 0 bridgehead atoms. The summed E-state index contributed by atoms with van der Waals surface area (Å²) >= 11 is 0. The van der Waals surface area contributed by atoms with E-state index in [0.29, 0.717) is 0 Å². The summed E-state index contributed by atoms with van der Waals surface area (Å²) in [5.41, 5.74) is 1.32. The van der Waals surface area contributed by atoms with Crippen molar-refractivity contribution in [2.24, 2.45) is 5.41 Å². The molecule has 118 valence electrons. The van der Waals surface area contributed by atoms with Crippen molar-refractivity contribution in [2.45, 2.75) is 65.5 Å². The fourth-order valence-corrected chi connectivity index (χ4v) is 2.77. The molecule has 2 rings (SSSR count). The Morgan fingerprint density at radius 1 is 1.29 bits per heavy atom. The van der Waals surface area contributed by atoms with Crippen molar-refractivity contribution >= 4 is 0 Å². The number of rotatable bonds is 5. The summed E-state index contributed by atoms with van der Waals surface area (Å²) < 4.78 is 19.3. The topological polar surface area (TPSA) is 21.3 Å². The van der Waals surface area contributed by atoms with Gasteiger partial charge in [-0.15, -0.1) is 0 Å². The minimum atomic E-state index is -0.175. The van der Waals surface area contributed by atoms with Crippen LogP contribution in [0.3, 0.4) is 0 Å². The minimum absolute atomic E-state index is 0.124. The van der Waals surface area contributed by atoms with Gasteiger partial charge >= 0.3 is 0 Å². The lowest BCUT2D eigenvalue weighted by Crippen LogP contribution is -2.44. The van der Waals surface area contributed by atoms with Crippen LogP contribution < -0.4 is 10.1 Å². The highest BCUT2D eigenvalue weighted by atomic mass is 19.1. The summed E-state index contributed by atoms with van der Waals surface area (Å²) in [6.07, 6.45) is 3.07. The van der Waals surface area contributed by atoms with E-state index in [2.05, 4.69) is 39.9 Å². The first kappa shape index (κ1) is 16.3. The lowest BCUT2D eigenvalue weighted by molar-refractivity contribution is 0.133. The molecule has 21 heavy (non-hydrogen) atoms. The fraction of sp³-hybridized carbons (Fsp3) is 0.667. The lowest BCUT2D eigenvalue weighted by Gasteiger charge is -2.34. The average Bonchev–Trinajstić information content (AvgIpc) is 2.77. The number of hydrogen-bond acceptors (Lipinski definition) is 2. The number of hydrogen-bond donors (Lipinski definition) is 1. The summed E-state index contributed by atoms with van der Waals surface area (Å²) in [7, 11) is 0. The van der Waals surface area contributed by atoms with Gasteiger partial charge < -0.3 is 10.1 Å². The van der Waals surface area contributed by atoms with Crippen molar-refractivity contribution in [1.82, 2.24) is 5.32 Å². The van der Waals surface area contributed by atoms with E-state index in [1.54, 1.807) is 12.1 Å². The predicted octanol–water partition coefficient (Wildman–Crippen LogP) is 4.32. The van der Waals surface area contributed by atoms with Crippen molar-refractivity contribution in [2.75, 3.05) is 6.54 Å². The molecule has 2 atom stereocenters. The Kier molecular flexibility index (Phi) is 4.62. The molecule has 0 radical (unpaired) electrons. The van der Waals surface area contributed by atoms with Crippen molar-refractivity contribution in [3.05, 3.63) is 29.6 Å². The van der Waals surface area contributed by atoms with E-state index in [1.165, 1.54) is 6.07 Å². The molecule has 1 aliphatic rings. The smallest absolute Gasteiger partial charge is 0.123 e. The van der Waals surface area contributed by atoms with Crippen LogP contribution in [0.25, 0.3) is 0 Å². The molecule has 0 amide bonds. The maximum absolute atomic E-state index is 13.3. The molecule has 0 saturated carbocycles. The van der Waals surface area contributed by atoms with Crippen LogP contribution in [0.15, 0.2) is 18.2 Å². The first-order valence-corrected chi connectivity index (χ1v) is 7.91. The van der Waals surface area contributed by atoms with Gasteiger partial charge in [0.1, 0.15) is 17.7 Å². The van der Waals surface area contributed by atoms with Gasteiger partial charge in [0, 0.05) is 24.1 Å². The highest BCUT2D eigenvalue weighted by Gasteiger charge is 2.32. The van der Waals surface area contributed by atoms with E-state index in [0.717, 1.165) is 37.1 Å². The SMILES string of the molecule is CCC(C)(CNC(C)(C)C)CC1Cc2cc(F)ccc2O1. The van der Waals surface area contributed by atoms with Gasteiger partial charge in [-0.05, 0) is 57.2 Å². The summed E-state index contributed by atoms with van der Waals surface area (Å²) in [6.45, 7) is 12.1. The maximum atomic E-state index is 13.3. The fourth-order valence-electron chi connectivity index (χ4n) is 2.77. The average molecular weight is 293 g/mol. The van der Waals surface area contributed by atoms with Crippen LogP contribution in [-0.4, -0.2) is 18.2 Å². The quantitative estimate of drug-likeness (QED) is 0.872. The Balaban J connectivity index is 1.97. The summed E-state index contributed by atoms with van der Waals surface area (Å²) in [6, 6.07) is 4.83. The molecular formula is C18H28FNO. The molecule has 1 aromatic carbocycles. The van der Waals surface area contributed by atoms with Crippen molar-refractivity contribution in [3.8, 4) is 5.75 Å². The molecule has 2 nitrogen and oxygen atoms in total. The second-order valence-corrected chi connectivity index (χ2v) is 7.67. The number of nitrogens with one attached hydrogen (secondary N) is 1. The highest BCUT2D eigenvalue weighted by molar-refractivity contribution is 5.37. The van der Waals surface area contributed by atoms with Crippen LogP contribution >= 0.6 is 0 Å². The van der Waals surface area contributed by atoms with Gasteiger partial charge in [-0.1, -0.05) is 13.8 Å². The molecule has 2 unspecified atom stereocenters. The zero-order valence-corrected chi connectivity index (χ0v) is 13.9. The van der Waals surface area contributed by atoms with Gasteiger partial charge in [0.2, 0.25) is 0 Å². The third-order valence-corrected chi connectivity index (χ3v) is 4.38. The molecule has 0 saturated heterocycles. The normalized spacial score (nSPS) is 20.8. The first-order valence-electron chi connectivity index (χ1n) is 7.91. The maximum Gasteiger partial charge on any atom is 0.123 e. The molecule has 0 aliphatic carbocycles. The van der Waals surface area contributed by atoms with Crippen molar-refractivity contribution in [3.63, 3.8) is 0 Å². The van der Waals surface area contributed by atoms with E-state index < -0.39 is 0 Å². The van der Waals surface area contributed by atoms with E-state index in [1.807, 2.05) is 0 Å². The number of ether oxygens (including phenoxy) is 1. The Labute approximate surface area is 128 Å². The number of benzene rings is 1. The number of fused-ring (bicyclic) bond motifs is 1. The third-order valence-electron chi connectivity index (χ3n) is 4.38. The molecular weight excluding hydrogens is 265 g/mol. The van der Waals surface area contributed by atoms with E-state index in [9.17, 15) is 4.39 Å². The van der Waals surface area contributed by atoms with Gasteiger partial charge in [0.15, 0.2) is 0 Å². The van der Waals surface area contributed by atoms with E-state index >= 15 is 0 Å². The van der Waals surface area contributed by atoms with Crippen LogP contribution in [0.2, 0.25) is 0 Å². The summed E-state index contributed by atoms with van der Waals surface area (Å²) in [5, 5.41) is 3.60. The van der Waals surface area contributed by atoms with Crippen LogP contribution in [0.5, 0.6) is 5.75 Å². The largest absolute Gasteiger partial charge is 0.490 e. The van der Waals surface area contributed by atoms with Gasteiger partial charge in [-0.25, -0.2) is 4.39 Å². The Morgan fingerprint density at radius 2 is 2.00 bits per heavy atom. The Morgan fingerprint density at radius 3 is 2.62 bits per heavy atom. The van der Waals surface area contributed by atoms with Gasteiger partial charge in [-0.3, -0.25) is 0 Å². The Bertz CT molecular complexity index is 494. The molecule has 0 aromatic heterocycles. The molecule has 3 heteroatoms. The van der Waals surface area contributed by atoms with E-state index in [4.69, 9.17) is 4.74 Å². The first-order chi connectivity index (χ1) is 9.71. The van der Waals surface area contributed by atoms with Crippen molar-refractivity contribution < 1.29 is 9.13 Å².